The third-order valence-corrected chi connectivity index (χ3v) is 5.57. The summed E-state index contributed by atoms with van der Waals surface area (Å²) in [7, 11) is 0. The molecule has 0 aliphatic rings. The second-order valence-corrected chi connectivity index (χ2v) is 7.84. The van der Waals surface area contributed by atoms with E-state index < -0.39 is 10.8 Å². The Morgan fingerprint density at radius 2 is 1.73 bits per heavy atom. The Morgan fingerprint density at radius 1 is 1.00 bits per heavy atom. The van der Waals surface area contributed by atoms with Crippen molar-refractivity contribution in [2.24, 2.45) is 0 Å². The number of halogens is 1. The average Bonchev–Trinajstić information content (AvgIpc) is 3.09. The van der Waals surface area contributed by atoms with Crippen molar-refractivity contribution in [3.05, 3.63) is 91.8 Å². The summed E-state index contributed by atoms with van der Waals surface area (Å²) >= 11 is 7.21. The molecular formula is C20H13ClN4O4S. The number of hydrogen-bond donors (Lipinski definition) is 3. The molecule has 1 aromatic heterocycles. The average molecular weight is 441 g/mol. The van der Waals surface area contributed by atoms with E-state index in [0.29, 0.717) is 26.6 Å². The van der Waals surface area contributed by atoms with E-state index in [0.717, 1.165) is 4.90 Å². The number of hydrogen-bond acceptors (Lipinski definition) is 5. The van der Waals surface area contributed by atoms with Crippen LogP contribution in [0, 0.1) is 10.1 Å². The number of carbonyl (C=O) groups is 1. The summed E-state index contributed by atoms with van der Waals surface area (Å²) in [6, 6.07) is 16.1. The van der Waals surface area contributed by atoms with Crippen molar-refractivity contribution in [1.82, 2.24) is 9.97 Å². The molecule has 150 valence electrons. The molecule has 0 saturated heterocycles. The number of anilines is 1. The molecule has 0 saturated carbocycles. The summed E-state index contributed by atoms with van der Waals surface area (Å²) in [5, 5.41) is 14.5. The standard InChI is InChI=1S/C20H13ClN4O4S/c21-11-1-5-14(6-2-11)30-18-8-4-13(25(28)29)10-15(18)19(26)22-12-3-7-16-17(9-12)24-20(27)23-16/h1-10H,(H,22,26)(H2,23,24,27). The fraction of sp³-hybridized carbons (Fsp3) is 0. The number of non-ortho nitro benzene ring substituents is 1. The van der Waals surface area contributed by atoms with Gasteiger partial charge >= 0.3 is 5.69 Å². The fourth-order valence-corrected chi connectivity index (χ4v) is 3.89. The van der Waals surface area contributed by atoms with Gasteiger partial charge in [0.15, 0.2) is 0 Å². The minimum Gasteiger partial charge on any atom is -0.322 e. The van der Waals surface area contributed by atoms with Crippen molar-refractivity contribution >= 4 is 51.7 Å². The highest BCUT2D eigenvalue weighted by molar-refractivity contribution is 7.99. The second kappa shape index (κ2) is 8.05. The molecule has 0 aliphatic carbocycles. The maximum absolute atomic E-state index is 12.9. The van der Waals surface area contributed by atoms with Gasteiger partial charge in [0.2, 0.25) is 0 Å². The summed E-state index contributed by atoms with van der Waals surface area (Å²) in [4.78, 5) is 41.6. The molecule has 10 heteroatoms. The number of aromatic amines is 2. The molecule has 0 unspecified atom stereocenters. The third-order valence-electron chi connectivity index (χ3n) is 4.23. The van der Waals surface area contributed by atoms with E-state index in [2.05, 4.69) is 15.3 Å². The van der Waals surface area contributed by atoms with Crippen LogP contribution in [0.1, 0.15) is 10.4 Å². The molecule has 0 bridgehead atoms. The van der Waals surface area contributed by atoms with E-state index in [9.17, 15) is 19.7 Å². The molecule has 1 amide bonds. The Bertz CT molecular complexity index is 1330. The monoisotopic (exact) mass is 440 g/mol. The van der Waals surface area contributed by atoms with Gasteiger partial charge in [-0.3, -0.25) is 14.9 Å². The molecule has 4 aromatic rings. The first-order chi connectivity index (χ1) is 14.4. The van der Waals surface area contributed by atoms with E-state index in [1.165, 1.54) is 23.9 Å². The van der Waals surface area contributed by atoms with Crippen molar-refractivity contribution in [1.29, 1.82) is 0 Å². The number of benzene rings is 3. The van der Waals surface area contributed by atoms with Gasteiger partial charge in [-0.05, 0) is 48.5 Å². The van der Waals surface area contributed by atoms with Crippen molar-refractivity contribution in [2.45, 2.75) is 9.79 Å². The molecule has 0 aliphatic heterocycles. The van der Waals surface area contributed by atoms with E-state index in [4.69, 9.17) is 11.6 Å². The Balaban J connectivity index is 1.67. The van der Waals surface area contributed by atoms with Gasteiger partial charge in [-0.15, -0.1) is 0 Å². The number of imidazole rings is 1. The van der Waals surface area contributed by atoms with Gasteiger partial charge < -0.3 is 15.3 Å². The number of amides is 1. The number of nitro groups is 1. The van der Waals surface area contributed by atoms with Crippen LogP contribution in [0.3, 0.4) is 0 Å². The van der Waals surface area contributed by atoms with Gasteiger partial charge in [0.05, 0.1) is 21.5 Å². The lowest BCUT2D eigenvalue weighted by Crippen LogP contribution is -2.13. The predicted octanol–water partition coefficient (Wildman–Crippen LogP) is 4.82. The summed E-state index contributed by atoms with van der Waals surface area (Å²) in [5.41, 5.74) is 1.20. The summed E-state index contributed by atoms with van der Waals surface area (Å²) in [5.74, 6) is -0.507. The minimum absolute atomic E-state index is 0.159. The van der Waals surface area contributed by atoms with E-state index in [-0.39, 0.29) is 16.9 Å². The topological polar surface area (TPSA) is 121 Å². The molecule has 0 fully saturated rings. The molecular weight excluding hydrogens is 428 g/mol. The number of H-pyrrole nitrogens is 2. The number of fused-ring (bicyclic) bond motifs is 1. The Morgan fingerprint density at radius 3 is 2.47 bits per heavy atom. The molecule has 0 spiro atoms. The predicted molar refractivity (Wildman–Crippen MR) is 116 cm³/mol. The van der Waals surface area contributed by atoms with Gasteiger partial charge in [0.25, 0.3) is 11.6 Å². The minimum atomic E-state index is -0.551. The van der Waals surface area contributed by atoms with Crippen molar-refractivity contribution < 1.29 is 9.72 Å². The van der Waals surface area contributed by atoms with Gasteiger partial charge in [0.1, 0.15) is 0 Å². The summed E-state index contributed by atoms with van der Waals surface area (Å²) < 4.78 is 0. The molecule has 8 nitrogen and oxygen atoms in total. The smallest absolute Gasteiger partial charge is 0.322 e. The number of rotatable bonds is 5. The van der Waals surface area contributed by atoms with Crippen LogP contribution in [0.25, 0.3) is 11.0 Å². The van der Waals surface area contributed by atoms with Crippen LogP contribution in [-0.4, -0.2) is 20.8 Å². The molecule has 30 heavy (non-hydrogen) atoms. The summed E-state index contributed by atoms with van der Waals surface area (Å²) in [6.45, 7) is 0. The van der Waals surface area contributed by atoms with Crippen LogP contribution in [0.2, 0.25) is 5.02 Å². The molecule has 3 aromatic carbocycles. The van der Waals surface area contributed by atoms with Crippen molar-refractivity contribution in [2.75, 3.05) is 5.32 Å². The molecule has 1 heterocycles. The van der Waals surface area contributed by atoms with Gasteiger partial charge in [-0.25, -0.2) is 4.79 Å². The van der Waals surface area contributed by atoms with Crippen LogP contribution < -0.4 is 11.0 Å². The normalized spacial score (nSPS) is 10.8. The SMILES string of the molecule is O=C(Nc1ccc2[nH]c(=O)[nH]c2c1)c1cc([N+](=O)[O-])ccc1Sc1ccc(Cl)cc1. The highest BCUT2D eigenvalue weighted by Crippen LogP contribution is 2.33. The Hall–Kier alpha value is -3.56. The first-order valence-electron chi connectivity index (χ1n) is 8.64. The molecule has 0 atom stereocenters. The first kappa shape index (κ1) is 19.7. The maximum atomic E-state index is 12.9. The van der Waals surface area contributed by atoms with Gasteiger partial charge in [-0.1, -0.05) is 23.4 Å². The number of carbonyl (C=O) groups excluding carboxylic acids is 1. The summed E-state index contributed by atoms with van der Waals surface area (Å²) in [6.07, 6.45) is 0. The Kier molecular flexibility index (Phi) is 5.30. The van der Waals surface area contributed by atoms with Crippen LogP contribution >= 0.6 is 23.4 Å². The maximum Gasteiger partial charge on any atom is 0.323 e. The van der Waals surface area contributed by atoms with Crippen LogP contribution in [-0.2, 0) is 0 Å². The van der Waals surface area contributed by atoms with E-state index >= 15 is 0 Å². The van der Waals surface area contributed by atoms with Crippen LogP contribution in [0.5, 0.6) is 0 Å². The van der Waals surface area contributed by atoms with Crippen molar-refractivity contribution in [3.8, 4) is 0 Å². The number of nitro benzene ring substituents is 1. The van der Waals surface area contributed by atoms with Crippen molar-refractivity contribution in [3.63, 3.8) is 0 Å². The Labute approximate surface area is 178 Å². The largest absolute Gasteiger partial charge is 0.323 e. The highest BCUT2D eigenvalue weighted by Gasteiger charge is 2.18. The number of nitrogens with one attached hydrogen (secondary N) is 3. The first-order valence-corrected chi connectivity index (χ1v) is 9.84. The van der Waals surface area contributed by atoms with E-state index in [1.54, 1.807) is 48.5 Å². The lowest BCUT2D eigenvalue weighted by molar-refractivity contribution is -0.384. The van der Waals surface area contributed by atoms with Crippen LogP contribution in [0.4, 0.5) is 11.4 Å². The van der Waals surface area contributed by atoms with Crippen LogP contribution in [0.15, 0.2) is 75.2 Å². The molecule has 4 rings (SSSR count). The number of nitrogens with zero attached hydrogens (tertiary/aromatic N) is 1. The molecule has 0 radical (unpaired) electrons. The zero-order chi connectivity index (χ0) is 21.3. The zero-order valence-electron chi connectivity index (χ0n) is 15.1. The van der Waals surface area contributed by atoms with E-state index in [1.807, 2.05) is 0 Å². The van der Waals surface area contributed by atoms with Gasteiger partial charge in [-0.2, -0.15) is 0 Å². The zero-order valence-corrected chi connectivity index (χ0v) is 16.7. The lowest BCUT2D eigenvalue weighted by atomic mass is 10.1. The van der Waals surface area contributed by atoms with Gasteiger partial charge in [0, 0.05) is 32.6 Å². The highest BCUT2D eigenvalue weighted by atomic mass is 35.5. The molecule has 3 N–H and O–H groups in total. The fourth-order valence-electron chi connectivity index (χ4n) is 2.84. The second-order valence-electron chi connectivity index (χ2n) is 6.29. The quantitative estimate of drug-likeness (QED) is 0.303. The lowest BCUT2D eigenvalue weighted by Gasteiger charge is -2.10. The third kappa shape index (κ3) is 4.22. The number of aromatic nitrogens is 2.